The van der Waals surface area contributed by atoms with Gasteiger partial charge in [-0.25, -0.2) is 4.79 Å². The Morgan fingerprint density at radius 2 is 1.66 bits per heavy atom. The molecule has 0 aliphatic carbocycles. The molecule has 3 aromatic rings. The average Bonchev–Trinajstić information content (AvgIpc) is 3.34. The highest BCUT2D eigenvalue weighted by Crippen LogP contribution is 2.38. The Hall–Kier alpha value is -4.21. The van der Waals surface area contributed by atoms with Crippen LogP contribution in [-0.2, 0) is 14.9 Å². The first-order valence-corrected chi connectivity index (χ1v) is 10.9. The van der Waals surface area contributed by atoms with Crippen LogP contribution in [0.5, 0.6) is 11.5 Å². The molecule has 0 unspecified atom stereocenters. The smallest absolute Gasteiger partial charge is 0.355 e. The number of anilines is 1. The number of ether oxygens (including phenoxy) is 3. The summed E-state index contributed by atoms with van der Waals surface area (Å²) in [5.74, 6) is -0.0370. The Morgan fingerprint density at radius 1 is 0.971 bits per heavy atom. The van der Waals surface area contributed by atoms with Gasteiger partial charge >= 0.3 is 5.97 Å². The molecule has 182 valence electrons. The van der Waals surface area contributed by atoms with Gasteiger partial charge in [0.25, 0.3) is 0 Å². The third kappa shape index (κ3) is 4.34. The molecule has 0 bridgehead atoms. The number of nitrogens with zero attached hydrogens (tertiary/aromatic N) is 4. The summed E-state index contributed by atoms with van der Waals surface area (Å²) in [4.78, 5) is 26.8. The number of fused-ring (bicyclic) bond motifs is 1. The first-order chi connectivity index (χ1) is 16.7. The van der Waals surface area contributed by atoms with Gasteiger partial charge in [0.2, 0.25) is 5.95 Å². The molecule has 0 radical (unpaired) electrons. The van der Waals surface area contributed by atoms with Crippen molar-refractivity contribution in [3.05, 3.63) is 70.4 Å². The van der Waals surface area contributed by atoms with Crippen LogP contribution in [0.2, 0.25) is 0 Å². The number of allylic oxidation sites excluding steroid dienone is 1. The van der Waals surface area contributed by atoms with Crippen molar-refractivity contribution in [3.63, 3.8) is 0 Å². The number of hydrogen-bond donors (Lipinski definition) is 1. The summed E-state index contributed by atoms with van der Waals surface area (Å²) in [7, 11) is 4.25. The summed E-state index contributed by atoms with van der Waals surface area (Å²) in [5.41, 5.74) is 2.22. The third-order valence-electron chi connectivity index (χ3n) is 5.89. The molecule has 0 fully saturated rings. The van der Waals surface area contributed by atoms with Crippen molar-refractivity contribution in [2.45, 2.75) is 32.2 Å². The number of benzene rings is 2. The number of methoxy groups -OCH3 is 3. The van der Waals surface area contributed by atoms with Crippen LogP contribution < -0.4 is 14.8 Å². The zero-order valence-corrected chi connectivity index (χ0v) is 20.4. The van der Waals surface area contributed by atoms with Crippen LogP contribution >= 0.6 is 0 Å². The van der Waals surface area contributed by atoms with Crippen molar-refractivity contribution in [2.75, 3.05) is 26.6 Å². The van der Waals surface area contributed by atoms with Gasteiger partial charge in [-0.05, 0) is 45.2 Å². The molecule has 1 aliphatic rings. The molecule has 1 atom stereocenters. The number of hydrogen-bond acceptors (Lipinski definition) is 9. The van der Waals surface area contributed by atoms with E-state index in [4.69, 9.17) is 14.2 Å². The maximum atomic E-state index is 14.0. The SMILES string of the molecule is COC(=O)C1=C(C(=O)c2ccc(OC)c(OC)c2)[C@H](c2ccc(C(C)(C)C)cc2)n2nnnc2N1. The van der Waals surface area contributed by atoms with Crippen LogP contribution in [0.3, 0.4) is 0 Å². The van der Waals surface area contributed by atoms with Gasteiger partial charge in [0.05, 0.1) is 26.9 Å². The number of carbonyl (C=O) groups is 2. The minimum absolute atomic E-state index is 0.0283. The highest BCUT2D eigenvalue weighted by atomic mass is 16.5. The van der Waals surface area contributed by atoms with Crippen molar-refractivity contribution >= 4 is 17.7 Å². The summed E-state index contributed by atoms with van der Waals surface area (Å²) in [6.07, 6.45) is 0. The van der Waals surface area contributed by atoms with Gasteiger partial charge in [0, 0.05) is 5.56 Å². The molecule has 1 aliphatic heterocycles. The monoisotopic (exact) mass is 477 g/mol. The Balaban J connectivity index is 1.91. The predicted octanol–water partition coefficient (Wildman–Crippen LogP) is 3.31. The molecule has 2 heterocycles. The number of ketones is 1. The zero-order chi connectivity index (χ0) is 25.3. The standard InChI is InChI=1S/C25H27N5O5/c1-25(2,3)16-10-7-14(8-11-16)21-19(20(23(32)35-6)26-24-27-28-29-30(21)24)22(31)15-9-12-17(33-4)18(13-15)34-5/h7-13,21H,1-6H3,(H,26,27,29)/t21-/m0/s1. The summed E-state index contributed by atoms with van der Waals surface area (Å²) in [6, 6.07) is 11.9. The van der Waals surface area contributed by atoms with Crippen LogP contribution in [0.4, 0.5) is 5.95 Å². The molecular weight excluding hydrogens is 450 g/mol. The molecule has 10 heteroatoms. The lowest BCUT2D eigenvalue weighted by Crippen LogP contribution is -2.33. The first kappa shape index (κ1) is 23.9. The quantitative estimate of drug-likeness (QED) is 0.421. The second kappa shape index (κ2) is 9.21. The number of rotatable bonds is 6. The molecule has 0 amide bonds. The fraction of sp³-hybridized carbons (Fsp3) is 0.320. The topological polar surface area (TPSA) is 117 Å². The van der Waals surface area contributed by atoms with E-state index in [0.717, 1.165) is 11.1 Å². The lowest BCUT2D eigenvalue weighted by atomic mass is 9.84. The lowest BCUT2D eigenvalue weighted by molar-refractivity contribution is -0.136. The molecule has 0 spiro atoms. The molecule has 0 saturated heterocycles. The van der Waals surface area contributed by atoms with Gasteiger partial charge in [-0.15, -0.1) is 0 Å². The highest BCUT2D eigenvalue weighted by molar-refractivity contribution is 6.15. The van der Waals surface area contributed by atoms with Crippen molar-refractivity contribution in [1.29, 1.82) is 0 Å². The lowest BCUT2D eigenvalue weighted by Gasteiger charge is -2.28. The van der Waals surface area contributed by atoms with Gasteiger partial charge in [0.15, 0.2) is 17.3 Å². The molecule has 4 rings (SSSR count). The van der Waals surface area contributed by atoms with Crippen LogP contribution in [-0.4, -0.2) is 53.3 Å². The van der Waals surface area contributed by atoms with E-state index in [1.54, 1.807) is 18.2 Å². The minimum atomic E-state index is -0.773. The molecular formula is C25H27N5O5. The predicted molar refractivity (Wildman–Crippen MR) is 128 cm³/mol. The van der Waals surface area contributed by atoms with E-state index in [1.165, 1.54) is 26.0 Å². The maximum Gasteiger partial charge on any atom is 0.355 e. The molecule has 35 heavy (non-hydrogen) atoms. The second-order valence-electron chi connectivity index (χ2n) is 9.03. The normalized spacial score (nSPS) is 15.2. The van der Waals surface area contributed by atoms with Crippen molar-refractivity contribution < 1.29 is 23.8 Å². The summed E-state index contributed by atoms with van der Waals surface area (Å²) in [6.45, 7) is 6.35. The number of Topliss-reactive ketones (excluding diaryl/α,β-unsaturated/α-hetero) is 1. The fourth-order valence-electron chi connectivity index (χ4n) is 3.99. The van der Waals surface area contributed by atoms with Crippen LogP contribution in [0.25, 0.3) is 0 Å². The van der Waals surface area contributed by atoms with E-state index in [0.29, 0.717) is 17.1 Å². The van der Waals surface area contributed by atoms with E-state index in [-0.39, 0.29) is 22.6 Å². The molecule has 2 aromatic carbocycles. The number of tetrazole rings is 1. The van der Waals surface area contributed by atoms with Crippen LogP contribution in [0.1, 0.15) is 48.3 Å². The van der Waals surface area contributed by atoms with Gasteiger partial charge in [0.1, 0.15) is 11.7 Å². The van der Waals surface area contributed by atoms with Crippen molar-refractivity contribution in [2.24, 2.45) is 0 Å². The Kier molecular flexibility index (Phi) is 6.29. The average molecular weight is 478 g/mol. The van der Waals surface area contributed by atoms with Crippen LogP contribution in [0, 0.1) is 0 Å². The largest absolute Gasteiger partial charge is 0.493 e. The summed E-state index contributed by atoms with van der Waals surface area (Å²) < 4.78 is 17.1. The summed E-state index contributed by atoms with van der Waals surface area (Å²) in [5, 5.41) is 14.7. The molecule has 0 saturated carbocycles. The van der Waals surface area contributed by atoms with Gasteiger partial charge in [-0.2, -0.15) is 4.68 Å². The number of esters is 1. The van der Waals surface area contributed by atoms with E-state index in [2.05, 4.69) is 41.6 Å². The number of carbonyl (C=O) groups excluding carboxylic acids is 2. The van der Waals surface area contributed by atoms with E-state index < -0.39 is 17.8 Å². The second-order valence-corrected chi connectivity index (χ2v) is 9.03. The third-order valence-corrected chi connectivity index (χ3v) is 5.89. The van der Waals surface area contributed by atoms with E-state index >= 15 is 0 Å². The highest BCUT2D eigenvalue weighted by Gasteiger charge is 2.38. The van der Waals surface area contributed by atoms with Gasteiger partial charge < -0.3 is 19.5 Å². The van der Waals surface area contributed by atoms with Gasteiger partial charge in [-0.1, -0.05) is 50.1 Å². The Bertz CT molecular complexity index is 1300. The zero-order valence-electron chi connectivity index (χ0n) is 20.4. The van der Waals surface area contributed by atoms with Crippen molar-refractivity contribution in [3.8, 4) is 11.5 Å². The van der Waals surface area contributed by atoms with E-state index in [1.807, 2.05) is 24.3 Å². The maximum absolute atomic E-state index is 14.0. The Morgan fingerprint density at radius 3 is 2.26 bits per heavy atom. The van der Waals surface area contributed by atoms with Crippen LogP contribution in [0.15, 0.2) is 53.7 Å². The summed E-state index contributed by atoms with van der Waals surface area (Å²) >= 11 is 0. The minimum Gasteiger partial charge on any atom is -0.493 e. The van der Waals surface area contributed by atoms with Gasteiger partial charge in [-0.3, -0.25) is 4.79 Å². The number of aromatic nitrogens is 4. The number of nitrogens with one attached hydrogen (secondary N) is 1. The molecule has 10 nitrogen and oxygen atoms in total. The molecule has 1 N–H and O–H groups in total. The fourth-order valence-corrected chi connectivity index (χ4v) is 3.99. The van der Waals surface area contributed by atoms with Crippen molar-refractivity contribution in [1.82, 2.24) is 20.2 Å². The molecule has 1 aromatic heterocycles. The van der Waals surface area contributed by atoms with E-state index in [9.17, 15) is 9.59 Å². The first-order valence-electron chi connectivity index (χ1n) is 10.9. The Labute approximate surface area is 202 Å².